The van der Waals surface area contributed by atoms with Crippen LogP contribution in [0.25, 0.3) is 10.9 Å². The van der Waals surface area contributed by atoms with E-state index in [-0.39, 0.29) is 11.5 Å². The Morgan fingerprint density at radius 1 is 0.967 bits per heavy atom. The van der Waals surface area contributed by atoms with Gasteiger partial charge in [-0.25, -0.2) is 4.98 Å². The van der Waals surface area contributed by atoms with Gasteiger partial charge in [0.1, 0.15) is 5.82 Å². The van der Waals surface area contributed by atoms with E-state index in [0.29, 0.717) is 29.7 Å². The number of aromatic nitrogens is 2. The van der Waals surface area contributed by atoms with Crippen molar-refractivity contribution in [1.29, 1.82) is 0 Å². The molecule has 5 nitrogen and oxygen atoms in total. The van der Waals surface area contributed by atoms with E-state index in [2.05, 4.69) is 21.2 Å². The lowest BCUT2D eigenvalue weighted by molar-refractivity contribution is -0.117. The molecule has 6 heteroatoms. The van der Waals surface area contributed by atoms with Gasteiger partial charge in [-0.15, -0.1) is 0 Å². The topological polar surface area (TPSA) is 64.0 Å². The van der Waals surface area contributed by atoms with Gasteiger partial charge in [0.2, 0.25) is 5.91 Å². The second kappa shape index (κ2) is 7.54. The number of anilines is 1. The van der Waals surface area contributed by atoms with E-state index in [4.69, 9.17) is 4.98 Å². The molecular weight excluding hydrogens is 442 g/mol. The van der Waals surface area contributed by atoms with E-state index in [1.807, 2.05) is 66.7 Å². The number of carbonyl (C=O) groups excluding carboxylic acids is 1. The van der Waals surface area contributed by atoms with Gasteiger partial charge >= 0.3 is 0 Å². The van der Waals surface area contributed by atoms with Crippen LogP contribution in [-0.2, 0) is 17.8 Å². The van der Waals surface area contributed by atoms with Crippen LogP contribution < -0.4 is 10.9 Å². The molecule has 0 radical (unpaired) electrons. The molecule has 0 saturated heterocycles. The highest BCUT2D eigenvalue weighted by molar-refractivity contribution is 9.10. The number of rotatable bonds is 4. The average Bonchev–Trinajstić information content (AvgIpc) is 3.06. The molecule has 2 heterocycles. The summed E-state index contributed by atoms with van der Waals surface area (Å²) in [7, 11) is 0. The van der Waals surface area contributed by atoms with Crippen LogP contribution in [0.4, 0.5) is 5.69 Å². The minimum atomic E-state index is -0.396. The molecule has 1 aliphatic heterocycles. The third-order valence-corrected chi connectivity index (χ3v) is 5.97. The molecular formula is C24H18BrN3O2. The average molecular weight is 460 g/mol. The van der Waals surface area contributed by atoms with Crippen molar-refractivity contribution >= 4 is 38.4 Å². The van der Waals surface area contributed by atoms with Crippen LogP contribution in [0.15, 0.2) is 82.1 Å². The van der Waals surface area contributed by atoms with E-state index in [1.54, 1.807) is 10.6 Å². The predicted molar refractivity (Wildman–Crippen MR) is 121 cm³/mol. The lowest BCUT2D eigenvalue weighted by Gasteiger charge is -2.16. The third-order valence-electron chi connectivity index (χ3n) is 5.47. The molecule has 0 spiro atoms. The molecule has 1 aliphatic rings. The van der Waals surface area contributed by atoms with Crippen molar-refractivity contribution in [2.45, 2.75) is 18.9 Å². The maximum Gasteiger partial charge on any atom is 0.261 e. The van der Waals surface area contributed by atoms with E-state index < -0.39 is 5.92 Å². The van der Waals surface area contributed by atoms with E-state index in [0.717, 1.165) is 21.3 Å². The maximum atomic E-state index is 13.3. The van der Waals surface area contributed by atoms with Crippen molar-refractivity contribution in [3.63, 3.8) is 0 Å². The van der Waals surface area contributed by atoms with Crippen LogP contribution in [0.1, 0.15) is 22.9 Å². The molecule has 1 aromatic heterocycles. The Kier molecular flexibility index (Phi) is 4.71. The highest BCUT2D eigenvalue weighted by Gasteiger charge is 2.32. The summed E-state index contributed by atoms with van der Waals surface area (Å²) in [6.45, 7) is 0.409. The van der Waals surface area contributed by atoms with Gasteiger partial charge in [-0.1, -0.05) is 58.4 Å². The van der Waals surface area contributed by atoms with Crippen LogP contribution in [0.2, 0.25) is 0 Å². The molecule has 5 rings (SSSR count). The third kappa shape index (κ3) is 3.33. The van der Waals surface area contributed by atoms with Crippen molar-refractivity contribution in [2.75, 3.05) is 5.32 Å². The number of amides is 1. The van der Waals surface area contributed by atoms with Gasteiger partial charge in [0, 0.05) is 16.6 Å². The quantitative estimate of drug-likeness (QED) is 0.489. The van der Waals surface area contributed by atoms with Crippen LogP contribution in [0.3, 0.4) is 0 Å². The Hall–Kier alpha value is -3.25. The predicted octanol–water partition coefficient (Wildman–Crippen LogP) is 4.49. The fourth-order valence-corrected chi connectivity index (χ4v) is 4.36. The highest BCUT2D eigenvalue weighted by Crippen LogP contribution is 2.36. The number of hydrogen-bond acceptors (Lipinski definition) is 3. The molecule has 1 N–H and O–H groups in total. The van der Waals surface area contributed by atoms with Gasteiger partial charge in [0.15, 0.2) is 0 Å². The zero-order valence-electron chi connectivity index (χ0n) is 16.0. The largest absolute Gasteiger partial charge is 0.325 e. The number of benzene rings is 3. The number of hydrogen-bond donors (Lipinski definition) is 1. The summed E-state index contributed by atoms with van der Waals surface area (Å²) in [4.78, 5) is 30.8. The zero-order chi connectivity index (χ0) is 20.7. The molecule has 4 aromatic rings. The summed E-state index contributed by atoms with van der Waals surface area (Å²) in [5.74, 6) is 0.139. The SMILES string of the molecule is O=C1Nc2ccc(Br)cc2C1Cc1nc2ccccc2c(=O)n1Cc1ccccc1. The molecule has 1 amide bonds. The summed E-state index contributed by atoms with van der Waals surface area (Å²) >= 11 is 3.49. The minimum Gasteiger partial charge on any atom is -0.325 e. The standard InChI is InChI=1S/C24H18BrN3O2/c25-16-10-11-21-18(12-16)19(23(29)27-21)13-22-26-20-9-5-4-8-17(20)24(30)28(22)14-15-6-2-1-3-7-15/h1-12,19H,13-14H2,(H,27,29). The first-order chi connectivity index (χ1) is 14.6. The monoisotopic (exact) mass is 459 g/mol. The second-order valence-corrected chi connectivity index (χ2v) is 8.32. The van der Waals surface area contributed by atoms with Gasteiger partial charge in [0.25, 0.3) is 5.56 Å². The number of carbonyl (C=O) groups is 1. The van der Waals surface area contributed by atoms with Gasteiger partial charge < -0.3 is 5.32 Å². The summed E-state index contributed by atoms with van der Waals surface area (Å²) in [5.41, 5.74) is 3.30. The molecule has 0 bridgehead atoms. The number of halogens is 1. The first-order valence-corrected chi connectivity index (χ1v) is 10.5. The Balaban J connectivity index is 1.63. The van der Waals surface area contributed by atoms with Crippen molar-refractivity contribution in [1.82, 2.24) is 9.55 Å². The number of nitrogens with zero attached hydrogens (tertiary/aromatic N) is 2. The van der Waals surface area contributed by atoms with Crippen LogP contribution in [0, 0.1) is 0 Å². The first-order valence-electron chi connectivity index (χ1n) is 9.73. The summed E-state index contributed by atoms with van der Waals surface area (Å²) < 4.78 is 2.61. The first kappa shape index (κ1) is 18.8. The number of para-hydroxylation sites is 1. The Labute approximate surface area is 181 Å². The van der Waals surface area contributed by atoms with Crippen LogP contribution >= 0.6 is 15.9 Å². The molecule has 3 aromatic carbocycles. The van der Waals surface area contributed by atoms with Gasteiger partial charge in [-0.2, -0.15) is 0 Å². The Bertz CT molecular complexity index is 1330. The molecule has 0 saturated carbocycles. The van der Waals surface area contributed by atoms with Crippen molar-refractivity contribution in [3.8, 4) is 0 Å². The summed E-state index contributed by atoms with van der Waals surface area (Å²) in [6.07, 6.45) is 0.349. The summed E-state index contributed by atoms with van der Waals surface area (Å²) in [5, 5.41) is 3.52. The van der Waals surface area contributed by atoms with Crippen molar-refractivity contribution in [3.05, 3.63) is 105 Å². The molecule has 30 heavy (non-hydrogen) atoms. The highest BCUT2D eigenvalue weighted by atomic mass is 79.9. The lowest BCUT2D eigenvalue weighted by Crippen LogP contribution is -2.28. The Morgan fingerprint density at radius 2 is 1.73 bits per heavy atom. The maximum absolute atomic E-state index is 13.3. The van der Waals surface area contributed by atoms with Crippen molar-refractivity contribution in [2.24, 2.45) is 0 Å². The Morgan fingerprint density at radius 3 is 2.57 bits per heavy atom. The van der Waals surface area contributed by atoms with Gasteiger partial charge in [-0.05, 0) is 41.5 Å². The fourth-order valence-electron chi connectivity index (χ4n) is 3.98. The van der Waals surface area contributed by atoms with Gasteiger partial charge in [-0.3, -0.25) is 14.2 Å². The normalized spacial score (nSPS) is 15.2. The van der Waals surface area contributed by atoms with E-state index in [9.17, 15) is 9.59 Å². The second-order valence-electron chi connectivity index (χ2n) is 7.40. The summed E-state index contributed by atoms with van der Waals surface area (Å²) in [6, 6.07) is 22.9. The number of fused-ring (bicyclic) bond motifs is 2. The zero-order valence-corrected chi connectivity index (χ0v) is 17.6. The van der Waals surface area contributed by atoms with Crippen molar-refractivity contribution < 1.29 is 4.79 Å². The van der Waals surface area contributed by atoms with E-state index >= 15 is 0 Å². The van der Waals surface area contributed by atoms with E-state index in [1.165, 1.54) is 0 Å². The molecule has 1 unspecified atom stereocenters. The molecule has 0 fully saturated rings. The minimum absolute atomic E-state index is 0.0724. The van der Waals surface area contributed by atoms with Crippen LogP contribution in [0.5, 0.6) is 0 Å². The van der Waals surface area contributed by atoms with Crippen LogP contribution in [-0.4, -0.2) is 15.5 Å². The van der Waals surface area contributed by atoms with Gasteiger partial charge in [0.05, 0.1) is 23.4 Å². The molecule has 148 valence electrons. The lowest BCUT2D eigenvalue weighted by atomic mass is 9.96. The molecule has 0 aliphatic carbocycles. The smallest absolute Gasteiger partial charge is 0.261 e. The molecule has 1 atom stereocenters. The fraction of sp³-hybridized carbons (Fsp3) is 0.125. The number of nitrogens with one attached hydrogen (secondary N) is 1.